The second-order valence-electron chi connectivity index (χ2n) is 27.8. The van der Waals surface area contributed by atoms with Gasteiger partial charge in [0.2, 0.25) is 0 Å². The molecule has 0 saturated carbocycles. The van der Waals surface area contributed by atoms with Crippen molar-refractivity contribution in [1.29, 1.82) is 0 Å². The Hall–Kier alpha value is -6.20. The molecule has 0 rings (SSSR count). The number of ether oxygens (including phenoxy) is 10. The van der Waals surface area contributed by atoms with E-state index in [9.17, 15) is 173 Å². The van der Waals surface area contributed by atoms with Gasteiger partial charge in [0.05, 0.1) is 183 Å². The van der Waals surface area contributed by atoms with Gasteiger partial charge in [0, 0.05) is 0 Å². The molecule has 0 saturated heterocycles. The Morgan fingerprint density at radius 3 is 0.418 bits per heavy atom. The van der Waals surface area contributed by atoms with Crippen LogP contribution in [0.4, 0.5) is 0 Å². The van der Waals surface area contributed by atoms with Gasteiger partial charge in [-0.15, -0.1) is 0 Å². The molecule has 60 heteroatoms. The lowest BCUT2D eigenvalue weighted by Crippen LogP contribution is -2.36. The van der Waals surface area contributed by atoms with E-state index in [1.54, 1.807) is 0 Å². The van der Waals surface area contributed by atoms with Crippen molar-refractivity contribution >= 4 is 161 Å². The predicted octanol–water partition coefficient (Wildman–Crippen LogP) is -0.700. The zero-order chi connectivity index (χ0) is 93.9. The first kappa shape index (κ1) is 116. The maximum Gasteiger partial charge on any atom is 0.308 e. The monoisotopic (exact) mass is 1970 g/mol. The molecule has 0 radical (unpaired) electrons. The second kappa shape index (κ2) is 55.4. The van der Waals surface area contributed by atoms with Crippen LogP contribution < -0.4 is 0 Å². The Labute approximate surface area is 706 Å². The predicted molar refractivity (Wildman–Crippen MR) is 412 cm³/mol. The molecule has 10 unspecified atom stereocenters. The quantitative estimate of drug-likeness (QED) is 0.0156. The van der Waals surface area contributed by atoms with E-state index < -0.39 is 466 Å². The van der Waals surface area contributed by atoms with Crippen molar-refractivity contribution in [2.24, 2.45) is 59.2 Å². The van der Waals surface area contributed by atoms with Crippen molar-refractivity contribution in [1.82, 2.24) is 0 Å². The van der Waals surface area contributed by atoms with E-state index in [0.29, 0.717) is 0 Å². The molecule has 714 valence electrons. The van der Waals surface area contributed by atoms with Gasteiger partial charge >= 0.3 is 59.7 Å². The van der Waals surface area contributed by atoms with E-state index in [-0.39, 0.29) is 6.42 Å². The van der Waals surface area contributed by atoms with Gasteiger partial charge in [-0.1, -0.05) is 13.8 Å². The minimum Gasteiger partial charge on any atom is -0.465 e. The first-order valence-corrected chi connectivity index (χ1v) is 53.0. The lowest BCUT2D eigenvalue weighted by Gasteiger charge is -2.30. The Kier molecular flexibility index (Phi) is 52.6. The summed E-state index contributed by atoms with van der Waals surface area (Å²) in [6, 6.07) is 0. The van der Waals surface area contributed by atoms with Crippen LogP contribution in [0, 0.1) is 59.2 Å². The molecule has 50 nitrogen and oxygen atoms in total. The molecule has 0 bridgehead atoms. The minimum atomic E-state index is -4.92. The minimum absolute atomic E-state index is 0.300. The number of carbonyl (C=O) groups excluding carboxylic acids is 10. The molecular formula is C62H106O50S10. The van der Waals surface area contributed by atoms with Gasteiger partial charge in [0.1, 0.15) is 0 Å². The second-order valence-corrected chi connectivity index (χ2v) is 43.5. The molecule has 0 aliphatic heterocycles. The van der Waals surface area contributed by atoms with E-state index >= 15 is 4.79 Å². The zero-order valence-corrected chi connectivity index (χ0v) is 74.1. The smallest absolute Gasteiger partial charge is 0.308 e. The highest BCUT2D eigenvalue weighted by molar-refractivity contribution is 7.87. The van der Waals surface area contributed by atoms with Crippen molar-refractivity contribution < 1.29 is 225 Å². The van der Waals surface area contributed by atoms with E-state index in [0.717, 1.165) is 6.92 Å². The van der Waals surface area contributed by atoms with Crippen molar-refractivity contribution in [3.63, 3.8) is 0 Å². The fourth-order valence-electron chi connectivity index (χ4n) is 11.4. The number of esters is 10. The van der Waals surface area contributed by atoms with Crippen LogP contribution in [0.2, 0.25) is 0 Å². The third-order valence-electron chi connectivity index (χ3n) is 17.0. The summed E-state index contributed by atoms with van der Waals surface area (Å²) in [5.41, 5.74) is 0. The summed E-state index contributed by atoms with van der Waals surface area (Å²) in [4.78, 5) is 145. The van der Waals surface area contributed by atoms with Gasteiger partial charge in [-0.05, 0) is 128 Å². The summed E-state index contributed by atoms with van der Waals surface area (Å²) in [5, 5.41) is 0. The molecule has 0 fully saturated rings. The van der Waals surface area contributed by atoms with Gasteiger partial charge < -0.3 is 47.4 Å². The van der Waals surface area contributed by atoms with Gasteiger partial charge in [-0.2, -0.15) is 84.2 Å². The SMILES string of the molecule is CCC(CC(CC(CC(CC(CC(CC(CC(CC(CC(C)C(=O)OCCCS(=O)(=O)O)C(=O)OCCCS(=O)(=O)O)C(=O)OCCCS(=O)(=O)O)C(=O)OCCCS(=O)(=O)O)C(=O)OCCCS(=O)(=O)O)C(=O)OCCCS(=O)(=O)O)C(=O)OCCCS(=O)(=O)O)C(=O)OCCCS(=O)(=O)O)C(=O)OCCCS(=O)(=O)O)C(=O)OCCCS(=O)(=O)O. The number of rotatable bonds is 69. The maximum absolute atomic E-state index is 15.0. The molecule has 122 heavy (non-hydrogen) atoms. The summed E-state index contributed by atoms with van der Waals surface area (Å²) in [6.45, 7) is -6.83. The molecule has 0 aromatic rings. The topological polar surface area (TPSA) is 807 Å². The van der Waals surface area contributed by atoms with Crippen LogP contribution in [0.3, 0.4) is 0 Å². The molecule has 0 spiro atoms. The molecule has 0 aliphatic rings. The molecule has 0 amide bonds. The highest BCUT2D eigenvalue weighted by atomic mass is 32.3. The Morgan fingerprint density at radius 2 is 0.295 bits per heavy atom. The van der Waals surface area contributed by atoms with Gasteiger partial charge in [0.15, 0.2) is 0 Å². The van der Waals surface area contributed by atoms with Crippen LogP contribution >= 0.6 is 0 Å². The molecular weight excluding hydrogens is 1870 g/mol. The Bertz CT molecular complexity index is 4610. The number of hydrogen-bond acceptors (Lipinski definition) is 40. The van der Waals surface area contributed by atoms with Crippen molar-refractivity contribution in [3.8, 4) is 0 Å². The van der Waals surface area contributed by atoms with Crippen LogP contribution in [0.1, 0.15) is 142 Å². The first-order chi connectivity index (χ1) is 55.8. The van der Waals surface area contributed by atoms with E-state index in [1.807, 2.05) is 0 Å². The maximum atomic E-state index is 15.0. The van der Waals surface area contributed by atoms with Gasteiger partial charge in [0.25, 0.3) is 101 Å². The molecule has 0 aromatic carbocycles. The van der Waals surface area contributed by atoms with Crippen LogP contribution in [0.5, 0.6) is 0 Å². The molecule has 10 atom stereocenters. The normalized spacial score (nSPS) is 15.2. The van der Waals surface area contributed by atoms with E-state index in [2.05, 4.69) is 0 Å². The van der Waals surface area contributed by atoms with E-state index in [4.69, 9.17) is 47.4 Å². The lowest BCUT2D eigenvalue weighted by molar-refractivity contribution is -0.159. The number of carbonyl (C=O) groups is 10. The average Bonchev–Trinajstić information content (AvgIpc) is 0.836. The molecule has 0 aromatic heterocycles. The van der Waals surface area contributed by atoms with Crippen LogP contribution in [-0.2, 0) is 196 Å². The summed E-state index contributed by atoms with van der Waals surface area (Å²) >= 11 is 0. The zero-order valence-electron chi connectivity index (χ0n) is 65.9. The summed E-state index contributed by atoms with van der Waals surface area (Å²) in [5.74, 6) is -46.3. The third-order valence-corrected chi connectivity index (χ3v) is 25.0. The summed E-state index contributed by atoms with van der Waals surface area (Å²) in [6.07, 6.45) is -17.3. The lowest BCUT2D eigenvalue weighted by atomic mass is 9.76. The third kappa shape index (κ3) is 62.8. The molecule has 0 heterocycles. The van der Waals surface area contributed by atoms with Crippen LogP contribution in [-0.4, -0.2) is 313 Å². The summed E-state index contributed by atoms with van der Waals surface area (Å²) < 4.78 is 382. The fraction of sp³-hybridized carbons (Fsp3) is 0.839. The van der Waals surface area contributed by atoms with Crippen molar-refractivity contribution in [2.75, 3.05) is 124 Å². The van der Waals surface area contributed by atoms with Crippen LogP contribution in [0.15, 0.2) is 0 Å². The Morgan fingerprint density at radius 1 is 0.189 bits per heavy atom. The van der Waals surface area contributed by atoms with Crippen molar-refractivity contribution in [3.05, 3.63) is 0 Å². The van der Waals surface area contributed by atoms with Crippen molar-refractivity contribution in [2.45, 2.75) is 142 Å². The molecule has 10 N–H and O–H groups in total. The first-order valence-electron chi connectivity index (χ1n) is 36.9. The highest BCUT2D eigenvalue weighted by Gasteiger charge is 2.43. The molecule has 0 aliphatic carbocycles. The van der Waals surface area contributed by atoms with Crippen LogP contribution in [0.25, 0.3) is 0 Å². The number of hydrogen-bond donors (Lipinski definition) is 10. The summed E-state index contributed by atoms with van der Waals surface area (Å²) in [7, 11) is -48.1. The van der Waals surface area contributed by atoms with Gasteiger partial charge in [-0.25, -0.2) is 0 Å². The Balaban J connectivity index is 9.64. The van der Waals surface area contributed by atoms with E-state index in [1.165, 1.54) is 6.92 Å². The van der Waals surface area contributed by atoms with Gasteiger partial charge in [-0.3, -0.25) is 93.5 Å². The largest absolute Gasteiger partial charge is 0.465 e. The standard InChI is InChI=1S/C62H106O50S10/c1-3-44(54(64)104-15-5-25-114(76,77)78)35-46(56(66)106-17-7-27-116(82,83)84)37-48(58(68)108-19-9-29-118(88,89)90)39-50(60(70)110-21-11-31-120(94,95)96)41-52(62(72)112-23-13-33-122(100,101)102)42-51(61(71)111-22-12-32-121(97,98)99)40-49(59(69)109-20-10-30-119(91,92)93)38-47(57(67)107-18-8-28-117(85,86)87)36-45(55(65)105-16-6-26-115(79,80)81)34-43(2)53(63)103-14-4-24-113(73,74)75/h43-52H,3-42H2,1-2H3,(H,73,74,75)(H,76,77,78)(H,79,80,81)(H,82,83,84)(H,85,86,87)(H,88,89,90)(H,91,92,93)(H,94,95,96)(H,97,98,99)(H,100,101,102). The fourth-order valence-corrected chi connectivity index (χ4v) is 16.2. The highest BCUT2D eigenvalue weighted by Crippen LogP contribution is 2.38. The average molecular weight is 1970 g/mol.